The Kier molecular flexibility index (Phi) is 6.17. The smallest absolute Gasteiger partial charge is 0.423 e. The first-order valence-electron chi connectivity index (χ1n) is 10.7. The summed E-state index contributed by atoms with van der Waals surface area (Å²) in [5, 5.41) is 22.3. The predicted octanol–water partition coefficient (Wildman–Crippen LogP) is 2.22. The third-order valence-electron chi connectivity index (χ3n) is 5.62. The van der Waals surface area contributed by atoms with Gasteiger partial charge in [-0.05, 0) is 41.6 Å². The molecule has 3 heterocycles. The van der Waals surface area contributed by atoms with Crippen molar-refractivity contribution in [2.75, 3.05) is 5.32 Å². The number of rotatable bonds is 7. The van der Waals surface area contributed by atoms with Crippen LogP contribution in [0.15, 0.2) is 54.9 Å². The molecule has 0 saturated carbocycles. The third-order valence-corrected chi connectivity index (χ3v) is 5.62. The molecule has 0 unspecified atom stereocenters. The number of primary amides is 1. The number of nitrogens with zero attached hydrogens (tertiary/aromatic N) is 3. The average molecular weight is 443 g/mol. The maximum Gasteiger partial charge on any atom is 0.488 e. The minimum Gasteiger partial charge on any atom is -0.423 e. The molecule has 0 spiro atoms. The Balaban J connectivity index is 1.74. The van der Waals surface area contributed by atoms with Crippen LogP contribution in [0.5, 0.6) is 0 Å². The van der Waals surface area contributed by atoms with Crippen LogP contribution in [0.1, 0.15) is 46.9 Å². The van der Waals surface area contributed by atoms with E-state index in [1.807, 2.05) is 31.5 Å². The predicted molar refractivity (Wildman–Crippen MR) is 129 cm³/mol. The van der Waals surface area contributed by atoms with Crippen molar-refractivity contribution < 1.29 is 14.8 Å². The van der Waals surface area contributed by atoms with Crippen molar-refractivity contribution in [1.29, 1.82) is 0 Å². The molecular weight excluding hydrogens is 417 g/mol. The van der Waals surface area contributed by atoms with Gasteiger partial charge < -0.3 is 25.5 Å². The van der Waals surface area contributed by atoms with Crippen LogP contribution in [-0.2, 0) is 6.54 Å². The van der Waals surface area contributed by atoms with E-state index in [1.54, 1.807) is 34.7 Å². The topological polar surface area (TPSA) is 126 Å². The summed E-state index contributed by atoms with van der Waals surface area (Å²) in [5.74, 6) is 0.939. The van der Waals surface area contributed by atoms with Crippen LogP contribution < -0.4 is 16.5 Å². The van der Waals surface area contributed by atoms with Gasteiger partial charge in [-0.25, -0.2) is 9.97 Å². The van der Waals surface area contributed by atoms with Gasteiger partial charge in [0, 0.05) is 30.1 Å². The van der Waals surface area contributed by atoms with Gasteiger partial charge in [0.15, 0.2) is 5.82 Å². The molecule has 0 saturated heterocycles. The first-order chi connectivity index (χ1) is 15.8. The molecule has 0 aliphatic carbocycles. The number of pyridine rings is 1. The Morgan fingerprint density at radius 3 is 2.67 bits per heavy atom. The highest BCUT2D eigenvalue weighted by Crippen LogP contribution is 2.31. The molecule has 8 nitrogen and oxygen atoms in total. The van der Waals surface area contributed by atoms with Crippen molar-refractivity contribution in [3.05, 3.63) is 77.2 Å². The van der Waals surface area contributed by atoms with Crippen molar-refractivity contribution in [3.8, 4) is 11.4 Å². The maximum absolute atomic E-state index is 11.9. The van der Waals surface area contributed by atoms with Crippen molar-refractivity contribution in [3.63, 3.8) is 0 Å². The number of hydrogen-bond donors (Lipinski definition) is 4. The summed E-state index contributed by atoms with van der Waals surface area (Å²) in [6.45, 7) is 6.55. The highest BCUT2D eigenvalue weighted by Gasteiger charge is 2.18. The number of aromatic nitrogens is 3. The Hall–Kier alpha value is -3.69. The lowest BCUT2D eigenvalue weighted by molar-refractivity contribution is 0.0994. The molecule has 4 rings (SSSR count). The van der Waals surface area contributed by atoms with Gasteiger partial charge in [-0.3, -0.25) is 4.79 Å². The van der Waals surface area contributed by atoms with Gasteiger partial charge in [-0.1, -0.05) is 44.2 Å². The zero-order valence-corrected chi connectivity index (χ0v) is 18.8. The van der Waals surface area contributed by atoms with Crippen LogP contribution in [0.2, 0.25) is 0 Å². The van der Waals surface area contributed by atoms with Crippen molar-refractivity contribution in [2.45, 2.75) is 33.2 Å². The molecular formula is C24H26BN5O3. The Morgan fingerprint density at radius 2 is 1.97 bits per heavy atom. The molecule has 1 amide bonds. The summed E-state index contributed by atoms with van der Waals surface area (Å²) in [6.07, 6.45) is 3.69. The van der Waals surface area contributed by atoms with Gasteiger partial charge in [0.2, 0.25) is 0 Å². The second-order valence-electron chi connectivity index (χ2n) is 8.34. The average Bonchev–Trinajstić information content (AvgIpc) is 3.13. The molecule has 0 bridgehead atoms. The quantitative estimate of drug-likeness (QED) is 0.325. The third kappa shape index (κ3) is 4.46. The van der Waals surface area contributed by atoms with Gasteiger partial charge in [0.05, 0.1) is 5.52 Å². The van der Waals surface area contributed by atoms with Crippen LogP contribution in [-0.4, -0.2) is 37.4 Å². The van der Waals surface area contributed by atoms with Gasteiger partial charge in [-0.2, -0.15) is 0 Å². The van der Waals surface area contributed by atoms with Gasteiger partial charge >= 0.3 is 7.12 Å². The zero-order chi connectivity index (χ0) is 23.7. The molecule has 0 aliphatic heterocycles. The number of nitrogens with two attached hydrogens (primary N) is 1. The highest BCUT2D eigenvalue weighted by molar-refractivity contribution is 6.58. The van der Waals surface area contributed by atoms with E-state index < -0.39 is 13.0 Å². The lowest BCUT2D eigenvalue weighted by atomic mass is 9.79. The van der Waals surface area contributed by atoms with Crippen molar-refractivity contribution in [1.82, 2.24) is 14.4 Å². The van der Waals surface area contributed by atoms with Gasteiger partial charge in [0.25, 0.3) is 5.91 Å². The summed E-state index contributed by atoms with van der Waals surface area (Å²) in [5.41, 5.74) is 10.8. The molecule has 33 heavy (non-hydrogen) atoms. The fraction of sp³-hybridized carbons (Fsp3) is 0.208. The lowest BCUT2D eigenvalue weighted by Gasteiger charge is -2.15. The molecule has 5 N–H and O–H groups in total. The lowest BCUT2D eigenvalue weighted by Crippen LogP contribution is -2.30. The Labute approximate surface area is 192 Å². The summed E-state index contributed by atoms with van der Waals surface area (Å²) in [7, 11) is -1.52. The van der Waals surface area contributed by atoms with E-state index in [-0.39, 0.29) is 5.92 Å². The van der Waals surface area contributed by atoms with Crippen molar-refractivity contribution in [2.24, 2.45) is 5.73 Å². The largest absolute Gasteiger partial charge is 0.488 e. The van der Waals surface area contributed by atoms with E-state index in [2.05, 4.69) is 24.1 Å². The normalized spacial score (nSPS) is 11.2. The molecule has 3 aromatic heterocycles. The first kappa shape index (κ1) is 22.5. The van der Waals surface area contributed by atoms with Gasteiger partial charge in [0.1, 0.15) is 11.5 Å². The van der Waals surface area contributed by atoms with Crippen LogP contribution >= 0.6 is 0 Å². The number of carbonyl (C=O) groups excluding carboxylic acids is 1. The number of aryl methyl sites for hydroxylation is 1. The number of carbonyl (C=O) groups is 1. The number of benzene rings is 1. The molecule has 0 atom stereocenters. The second-order valence-corrected chi connectivity index (χ2v) is 8.34. The number of anilines is 1. The van der Waals surface area contributed by atoms with E-state index in [4.69, 9.17) is 10.7 Å². The van der Waals surface area contributed by atoms with E-state index in [0.29, 0.717) is 29.3 Å². The Bertz CT molecular complexity index is 1330. The minimum atomic E-state index is -1.52. The first-order valence-corrected chi connectivity index (χ1v) is 10.7. The number of fused-ring (bicyclic) bond motifs is 1. The van der Waals surface area contributed by atoms with Crippen LogP contribution in [0, 0.1) is 6.92 Å². The monoisotopic (exact) mass is 443 g/mol. The minimum absolute atomic E-state index is 0.195. The van der Waals surface area contributed by atoms with E-state index in [0.717, 1.165) is 27.8 Å². The Morgan fingerprint density at radius 1 is 1.21 bits per heavy atom. The van der Waals surface area contributed by atoms with Crippen LogP contribution in [0.25, 0.3) is 16.9 Å². The molecule has 168 valence electrons. The molecule has 0 radical (unpaired) electrons. The van der Waals surface area contributed by atoms with E-state index in [1.165, 1.54) is 0 Å². The molecule has 1 aromatic carbocycles. The summed E-state index contributed by atoms with van der Waals surface area (Å²) < 4.78 is 1.77. The molecule has 4 aromatic rings. The summed E-state index contributed by atoms with van der Waals surface area (Å²) >= 11 is 0. The zero-order valence-electron chi connectivity index (χ0n) is 18.8. The number of nitrogens with one attached hydrogen (secondary N) is 1. The molecule has 0 aliphatic rings. The van der Waals surface area contributed by atoms with Crippen molar-refractivity contribution >= 4 is 29.8 Å². The fourth-order valence-corrected chi connectivity index (χ4v) is 3.94. The second kappa shape index (κ2) is 9.05. The van der Waals surface area contributed by atoms with Crippen LogP contribution in [0.4, 0.5) is 5.82 Å². The van der Waals surface area contributed by atoms with Gasteiger partial charge in [-0.15, -0.1) is 0 Å². The SMILES string of the molecule is Cc1cn2c(C(N)=O)cccc2c1-c1ncc(C(C)C)c(NCc2cccc(B(O)O)c2)n1. The highest BCUT2D eigenvalue weighted by atomic mass is 16.4. The molecule has 9 heteroatoms. The van der Waals surface area contributed by atoms with E-state index in [9.17, 15) is 14.8 Å². The number of amides is 1. The summed E-state index contributed by atoms with van der Waals surface area (Å²) in [6, 6.07) is 12.5. The maximum atomic E-state index is 11.9. The van der Waals surface area contributed by atoms with Crippen LogP contribution in [0.3, 0.4) is 0 Å². The van der Waals surface area contributed by atoms with E-state index >= 15 is 0 Å². The number of hydrogen-bond acceptors (Lipinski definition) is 6. The standard InChI is InChI=1S/C24H26BN5O3/c1-14(2)18-12-28-24(21-15(3)13-30-19(21)8-5-9-20(30)22(26)31)29-23(18)27-11-16-6-4-7-17(10-16)25(32)33/h4-10,12-14,32-33H,11H2,1-3H3,(H2,26,31)(H,27,28,29). The summed E-state index contributed by atoms with van der Waals surface area (Å²) in [4.78, 5) is 21.3. The molecule has 0 fully saturated rings. The fourth-order valence-electron chi connectivity index (χ4n) is 3.94.